The molecule has 1 fully saturated rings. The van der Waals surface area contributed by atoms with E-state index in [1.807, 2.05) is 13.0 Å². The molecule has 0 radical (unpaired) electrons. The minimum Gasteiger partial charge on any atom is -0.368 e. The Morgan fingerprint density at radius 2 is 1.84 bits per heavy atom. The van der Waals surface area contributed by atoms with E-state index >= 15 is 0 Å². The maximum Gasteiger partial charge on any atom is 0.316 e. The van der Waals surface area contributed by atoms with Crippen LogP contribution in [0.5, 0.6) is 0 Å². The molecule has 7 nitrogen and oxygen atoms in total. The summed E-state index contributed by atoms with van der Waals surface area (Å²) in [4.78, 5) is 38.2. The first-order valence-electron chi connectivity index (χ1n) is 8.62. The van der Waals surface area contributed by atoms with Crippen LogP contribution in [-0.2, 0) is 9.59 Å². The van der Waals surface area contributed by atoms with Crippen molar-refractivity contribution >= 4 is 17.8 Å². The number of likely N-dealkylation sites (tertiary alicyclic amines) is 1. The summed E-state index contributed by atoms with van der Waals surface area (Å²) in [5, 5.41) is 5.14. The molecule has 4 N–H and O–H groups in total. The van der Waals surface area contributed by atoms with Crippen LogP contribution < -0.4 is 16.4 Å². The molecule has 0 bridgehead atoms. The molecule has 3 atom stereocenters. The van der Waals surface area contributed by atoms with Crippen molar-refractivity contribution in [3.8, 4) is 0 Å². The van der Waals surface area contributed by atoms with Crippen LogP contribution in [0, 0.1) is 0 Å². The van der Waals surface area contributed by atoms with Gasteiger partial charge in [-0.15, -0.1) is 0 Å². The van der Waals surface area contributed by atoms with Crippen LogP contribution in [0.1, 0.15) is 44.7 Å². The van der Waals surface area contributed by atoms with Gasteiger partial charge in [-0.05, 0) is 38.7 Å². The van der Waals surface area contributed by atoms with E-state index < -0.39 is 24.0 Å². The Balaban J connectivity index is 1.95. The van der Waals surface area contributed by atoms with Crippen molar-refractivity contribution in [2.24, 2.45) is 5.73 Å². The topological polar surface area (TPSA) is 105 Å². The Bertz CT molecular complexity index is 620. The smallest absolute Gasteiger partial charge is 0.316 e. The quantitative estimate of drug-likeness (QED) is 0.748. The van der Waals surface area contributed by atoms with E-state index in [0.29, 0.717) is 12.1 Å². The van der Waals surface area contributed by atoms with Gasteiger partial charge in [0.2, 0.25) is 11.8 Å². The van der Waals surface area contributed by atoms with Crippen LogP contribution in [0.3, 0.4) is 0 Å². The summed E-state index contributed by atoms with van der Waals surface area (Å²) in [6.07, 6.45) is 3.07. The van der Waals surface area contributed by atoms with Gasteiger partial charge in [-0.2, -0.15) is 0 Å². The second kappa shape index (κ2) is 8.50. The van der Waals surface area contributed by atoms with Crippen LogP contribution in [0.25, 0.3) is 0 Å². The lowest BCUT2D eigenvalue weighted by molar-refractivity contribution is -0.136. The highest BCUT2D eigenvalue weighted by molar-refractivity contribution is 5.90. The van der Waals surface area contributed by atoms with E-state index in [9.17, 15) is 14.4 Å². The second-order valence-electron chi connectivity index (χ2n) is 6.46. The fourth-order valence-electron chi connectivity index (χ4n) is 3.07. The molecule has 1 saturated heterocycles. The fourth-order valence-corrected chi connectivity index (χ4v) is 3.07. The molecule has 1 aromatic carbocycles. The third-order valence-electron chi connectivity index (χ3n) is 4.50. The van der Waals surface area contributed by atoms with Crippen LogP contribution >= 0.6 is 0 Å². The molecule has 1 heterocycles. The van der Waals surface area contributed by atoms with E-state index in [-0.39, 0.29) is 11.9 Å². The van der Waals surface area contributed by atoms with Gasteiger partial charge in [0.1, 0.15) is 12.1 Å². The SMILES string of the molecule is C[C@H](NC(=O)N[C@H](C(N)=O)c1ccccc1)C(=O)N1CCCC[C@@H]1C. The van der Waals surface area contributed by atoms with Crippen molar-refractivity contribution in [2.45, 2.75) is 51.2 Å². The lowest BCUT2D eigenvalue weighted by atomic mass is 10.0. The molecule has 2 rings (SSSR count). The number of carbonyl (C=O) groups excluding carboxylic acids is 3. The zero-order valence-electron chi connectivity index (χ0n) is 14.7. The van der Waals surface area contributed by atoms with Gasteiger partial charge in [0.15, 0.2) is 0 Å². The molecule has 0 unspecified atom stereocenters. The number of amides is 4. The van der Waals surface area contributed by atoms with Crippen LogP contribution in [0.15, 0.2) is 30.3 Å². The lowest BCUT2D eigenvalue weighted by Crippen LogP contribution is -2.54. The number of nitrogens with zero attached hydrogens (tertiary/aromatic N) is 1. The number of hydrogen-bond donors (Lipinski definition) is 3. The highest BCUT2D eigenvalue weighted by atomic mass is 16.2. The van der Waals surface area contributed by atoms with E-state index in [2.05, 4.69) is 10.6 Å². The van der Waals surface area contributed by atoms with Gasteiger partial charge in [0.25, 0.3) is 0 Å². The Morgan fingerprint density at radius 1 is 1.16 bits per heavy atom. The molecular weight excluding hydrogens is 320 g/mol. The Hall–Kier alpha value is -2.57. The lowest BCUT2D eigenvalue weighted by Gasteiger charge is -2.35. The number of benzene rings is 1. The summed E-state index contributed by atoms with van der Waals surface area (Å²) in [5.74, 6) is -0.775. The number of carbonyl (C=O) groups is 3. The zero-order chi connectivity index (χ0) is 18.4. The van der Waals surface area contributed by atoms with Gasteiger partial charge in [0, 0.05) is 12.6 Å². The predicted octanol–water partition coefficient (Wildman–Crippen LogP) is 1.30. The van der Waals surface area contributed by atoms with Gasteiger partial charge >= 0.3 is 6.03 Å². The van der Waals surface area contributed by atoms with Crippen molar-refractivity contribution in [1.29, 1.82) is 0 Å². The molecule has 25 heavy (non-hydrogen) atoms. The highest BCUT2D eigenvalue weighted by Gasteiger charge is 2.28. The fraction of sp³-hybridized carbons (Fsp3) is 0.500. The van der Waals surface area contributed by atoms with Crippen molar-refractivity contribution in [3.63, 3.8) is 0 Å². The maximum atomic E-state index is 12.5. The van der Waals surface area contributed by atoms with Crippen molar-refractivity contribution in [2.75, 3.05) is 6.54 Å². The molecule has 1 aliphatic rings. The molecule has 7 heteroatoms. The van der Waals surface area contributed by atoms with Crippen LogP contribution in [-0.4, -0.2) is 41.4 Å². The normalized spacial score (nSPS) is 19.6. The first-order valence-corrected chi connectivity index (χ1v) is 8.62. The number of rotatable bonds is 5. The molecule has 1 aliphatic heterocycles. The van der Waals surface area contributed by atoms with Gasteiger partial charge < -0.3 is 21.3 Å². The molecule has 0 spiro atoms. The first-order chi connectivity index (χ1) is 11.9. The van der Waals surface area contributed by atoms with E-state index in [0.717, 1.165) is 19.3 Å². The monoisotopic (exact) mass is 346 g/mol. The molecular formula is C18H26N4O3. The van der Waals surface area contributed by atoms with E-state index in [1.165, 1.54) is 0 Å². The molecule has 4 amide bonds. The van der Waals surface area contributed by atoms with E-state index in [4.69, 9.17) is 5.73 Å². The number of primary amides is 1. The molecule has 1 aromatic rings. The molecule has 0 aromatic heterocycles. The Morgan fingerprint density at radius 3 is 2.44 bits per heavy atom. The van der Waals surface area contributed by atoms with Crippen molar-refractivity contribution < 1.29 is 14.4 Å². The standard InChI is InChI=1S/C18H26N4O3/c1-12-8-6-7-11-22(12)17(24)13(2)20-18(25)21-15(16(19)23)14-9-4-3-5-10-14/h3-5,9-10,12-13,15H,6-8,11H2,1-2H3,(H2,19,23)(H2,20,21,25)/t12-,13-,15-/m0/s1. The van der Waals surface area contributed by atoms with Crippen molar-refractivity contribution in [1.82, 2.24) is 15.5 Å². The number of piperidine rings is 1. The predicted molar refractivity (Wildman–Crippen MR) is 94.5 cm³/mol. The summed E-state index contributed by atoms with van der Waals surface area (Å²) in [7, 11) is 0. The first kappa shape index (κ1) is 18.8. The maximum absolute atomic E-state index is 12.5. The number of nitrogens with one attached hydrogen (secondary N) is 2. The Labute approximate surface area is 147 Å². The number of urea groups is 1. The minimum absolute atomic E-state index is 0.113. The molecule has 0 aliphatic carbocycles. The summed E-state index contributed by atoms with van der Waals surface area (Å²) in [6.45, 7) is 4.37. The van der Waals surface area contributed by atoms with Gasteiger partial charge in [-0.1, -0.05) is 30.3 Å². The van der Waals surface area contributed by atoms with Crippen LogP contribution in [0.2, 0.25) is 0 Å². The zero-order valence-corrected chi connectivity index (χ0v) is 14.7. The summed E-state index contributed by atoms with van der Waals surface area (Å²) < 4.78 is 0. The summed E-state index contributed by atoms with van der Waals surface area (Å²) in [6, 6.07) is 6.70. The third-order valence-corrected chi connectivity index (χ3v) is 4.50. The largest absolute Gasteiger partial charge is 0.368 e. The average molecular weight is 346 g/mol. The summed E-state index contributed by atoms with van der Waals surface area (Å²) >= 11 is 0. The van der Waals surface area contributed by atoms with Crippen LogP contribution in [0.4, 0.5) is 4.79 Å². The minimum atomic E-state index is -0.947. The average Bonchev–Trinajstić information content (AvgIpc) is 2.60. The summed E-state index contributed by atoms with van der Waals surface area (Å²) in [5.41, 5.74) is 5.98. The molecule has 136 valence electrons. The highest BCUT2D eigenvalue weighted by Crippen LogP contribution is 2.17. The molecule has 0 saturated carbocycles. The van der Waals surface area contributed by atoms with Gasteiger partial charge in [-0.25, -0.2) is 4.79 Å². The number of hydrogen-bond acceptors (Lipinski definition) is 3. The van der Waals surface area contributed by atoms with Crippen molar-refractivity contribution in [3.05, 3.63) is 35.9 Å². The Kier molecular flexibility index (Phi) is 6.38. The van der Waals surface area contributed by atoms with E-state index in [1.54, 1.807) is 36.1 Å². The van der Waals surface area contributed by atoms with Gasteiger partial charge in [0.05, 0.1) is 0 Å². The second-order valence-corrected chi connectivity index (χ2v) is 6.46. The third kappa shape index (κ3) is 4.95. The number of nitrogens with two attached hydrogens (primary N) is 1. The van der Waals surface area contributed by atoms with Gasteiger partial charge in [-0.3, -0.25) is 9.59 Å².